The van der Waals surface area contributed by atoms with Crippen LogP contribution in [0.1, 0.15) is 32.6 Å². The van der Waals surface area contributed by atoms with Gasteiger partial charge in [0.25, 0.3) is 0 Å². The Morgan fingerprint density at radius 2 is 2.07 bits per heavy atom. The van der Waals surface area contributed by atoms with Gasteiger partial charge in [-0.05, 0) is 31.6 Å². The first-order valence-electron chi connectivity index (χ1n) is 5.49. The molecule has 0 amide bonds. The SMILES string of the molecule is CC1CCC(Nc2cnnc(Cl)c2)CC1. The van der Waals surface area contributed by atoms with Crippen LogP contribution < -0.4 is 5.32 Å². The zero-order valence-electron chi connectivity index (χ0n) is 8.91. The smallest absolute Gasteiger partial charge is 0.153 e. The van der Waals surface area contributed by atoms with Crippen molar-refractivity contribution in [3.05, 3.63) is 17.4 Å². The van der Waals surface area contributed by atoms with Crippen LogP contribution in [0.5, 0.6) is 0 Å². The monoisotopic (exact) mass is 225 g/mol. The van der Waals surface area contributed by atoms with Crippen LogP contribution in [-0.4, -0.2) is 16.2 Å². The summed E-state index contributed by atoms with van der Waals surface area (Å²) in [6.45, 7) is 2.32. The second-order valence-corrected chi connectivity index (χ2v) is 4.76. The quantitative estimate of drug-likeness (QED) is 0.841. The molecule has 0 unspecified atom stereocenters. The van der Waals surface area contributed by atoms with E-state index in [9.17, 15) is 0 Å². The van der Waals surface area contributed by atoms with E-state index < -0.39 is 0 Å². The van der Waals surface area contributed by atoms with Gasteiger partial charge < -0.3 is 5.32 Å². The van der Waals surface area contributed by atoms with Crippen LogP contribution in [0.25, 0.3) is 0 Å². The number of hydrogen-bond donors (Lipinski definition) is 1. The summed E-state index contributed by atoms with van der Waals surface area (Å²) < 4.78 is 0. The average molecular weight is 226 g/mol. The van der Waals surface area contributed by atoms with E-state index in [4.69, 9.17) is 11.6 Å². The number of halogens is 1. The number of nitrogens with zero attached hydrogens (tertiary/aromatic N) is 2. The number of anilines is 1. The molecule has 1 N–H and O–H groups in total. The third kappa shape index (κ3) is 3.06. The Hall–Kier alpha value is -0.830. The minimum absolute atomic E-state index is 0.448. The van der Waals surface area contributed by atoms with E-state index in [1.807, 2.05) is 6.07 Å². The standard InChI is InChI=1S/C11H16ClN3/c1-8-2-4-9(5-3-8)14-10-6-11(12)15-13-7-10/h6-9H,2-5H2,1H3,(H,14,15). The van der Waals surface area contributed by atoms with E-state index in [-0.39, 0.29) is 0 Å². The maximum atomic E-state index is 5.77. The van der Waals surface area contributed by atoms with Crippen LogP contribution in [-0.2, 0) is 0 Å². The molecule has 1 saturated carbocycles. The lowest BCUT2D eigenvalue weighted by atomic mass is 9.87. The van der Waals surface area contributed by atoms with Gasteiger partial charge in [0.1, 0.15) is 0 Å². The Morgan fingerprint density at radius 3 is 2.73 bits per heavy atom. The topological polar surface area (TPSA) is 37.8 Å². The van der Waals surface area contributed by atoms with Gasteiger partial charge in [-0.15, -0.1) is 5.10 Å². The summed E-state index contributed by atoms with van der Waals surface area (Å²) in [6, 6.07) is 2.40. The highest BCUT2D eigenvalue weighted by Crippen LogP contribution is 2.26. The summed E-state index contributed by atoms with van der Waals surface area (Å²) in [5.41, 5.74) is 0.981. The highest BCUT2D eigenvalue weighted by Gasteiger charge is 2.17. The zero-order chi connectivity index (χ0) is 10.7. The first-order valence-corrected chi connectivity index (χ1v) is 5.86. The van der Waals surface area contributed by atoms with Crippen molar-refractivity contribution < 1.29 is 0 Å². The molecule has 0 spiro atoms. The molecule has 0 saturated heterocycles. The number of aromatic nitrogens is 2. The van der Waals surface area contributed by atoms with E-state index in [1.54, 1.807) is 6.20 Å². The van der Waals surface area contributed by atoms with Gasteiger partial charge in [0.15, 0.2) is 5.15 Å². The molecular weight excluding hydrogens is 210 g/mol. The molecule has 3 nitrogen and oxygen atoms in total. The zero-order valence-corrected chi connectivity index (χ0v) is 9.67. The van der Waals surface area contributed by atoms with E-state index >= 15 is 0 Å². The van der Waals surface area contributed by atoms with Crippen molar-refractivity contribution in [2.24, 2.45) is 5.92 Å². The summed E-state index contributed by atoms with van der Waals surface area (Å²) in [5.74, 6) is 0.877. The molecule has 0 atom stereocenters. The first kappa shape index (κ1) is 10.7. The van der Waals surface area contributed by atoms with Crippen molar-refractivity contribution in [1.82, 2.24) is 10.2 Å². The number of rotatable bonds is 2. The van der Waals surface area contributed by atoms with E-state index in [0.29, 0.717) is 11.2 Å². The molecule has 1 aliphatic rings. The van der Waals surface area contributed by atoms with Gasteiger partial charge in [-0.1, -0.05) is 18.5 Å². The molecule has 0 radical (unpaired) electrons. The molecule has 1 fully saturated rings. The highest BCUT2D eigenvalue weighted by molar-refractivity contribution is 6.29. The van der Waals surface area contributed by atoms with Crippen LogP contribution in [0.3, 0.4) is 0 Å². The van der Waals surface area contributed by atoms with E-state index in [1.165, 1.54) is 25.7 Å². The summed E-state index contributed by atoms with van der Waals surface area (Å²) >= 11 is 5.77. The van der Waals surface area contributed by atoms with Crippen LogP contribution in [0, 0.1) is 5.92 Å². The van der Waals surface area contributed by atoms with Crippen LogP contribution >= 0.6 is 11.6 Å². The maximum Gasteiger partial charge on any atom is 0.153 e. The molecular formula is C11H16ClN3. The lowest BCUT2D eigenvalue weighted by Crippen LogP contribution is -2.25. The Bertz CT molecular complexity index is 321. The summed E-state index contributed by atoms with van der Waals surface area (Å²) in [4.78, 5) is 0. The van der Waals surface area contributed by atoms with Gasteiger partial charge in [0, 0.05) is 12.1 Å². The molecule has 82 valence electrons. The lowest BCUT2D eigenvalue weighted by Gasteiger charge is -2.27. The Morgan fingerprint density at radius 1 is 1.33 bits per heavy atom. The number of hydrogen-bond acceptors (Lipinski definition) is 3. The number of nitrogens with one attached hydrogen (secondary N) is 1. The molecule has 1 aromatic heterocycles. The van der Waals surface area contributed by atoms with Crippen LogP contribution in [0.2, 0.25) is 5.15 Å². The normalized spacial score (nSPS) is 26.3. The van der Waals surface area contributed by atoms with Crippen molar-refractivity contribution in [3.8, 4) is 0 Å². The van der Waals surface area contributed by atoms with Crippen LogP contribution in [0.15, 0.2) is 12.3 Å². The Kier molecular flexibility index (Phi) is 3.41. The minimum atomic E-state index is 0.448. The van der Waals surface area contributed by atoms with Gasteiger partial charge in [-0.2, -0.15) is 5.10 Å². The summed E-state index contributed by atoms with van der Waals surface area (Å²) in [7, 11) is 0. The third-order valence-corrected chi connectivity index (χ3v) is 3.20. The molecule has 0 aromatic carbocycles. The third-order valence-electron chi connectivity index (χ3n) is 3.01. The maximum absolute atomic E-state index is 5.77. The molecule has 4 heteroatoms. The van der Waals surface area contributed by atoms with Gasteiger partial charge in [-0.25, -0.2) is 0 Å². The second kappa shape index (κ2) is 4.79. The van der Waals surface area contributed by atoms with Crippen LogP contribution in [0.4, 0.5) is 5.69 Å². The van der Waals surface area contributed by atoms with E-state index in [0.717, 1.165) is 11.6 Å². The lowest BCUT2D eigenvalue weighted by molar-refractivity contribution is 0.361. The molecule has 1 aliphatic carbocycles. The fourth-order valence-electron chi connectivity index (χ4n) is 2.06. The molecule has 2 rings (SSSR count). The van der Waals surface area contributed by atoms with Gasteiger partial charge in [0.05, 0.1) is 11.9 Å². The van der Waals surface area contributed by atoms with Crippen molar-refractivity contribution in [2.45, 2.75) is 38.6 Å². The average Bonchev–Trinajstić information content (AvgIpc) is 2.22. The highest BCUT2D eigenvalue weighted by atomic mass is 35.5. The van der Waals surface area contributed by atoms with Crippen molar-refractivity contribution in [3.63, 3.8) is 0 Å². The van der Waals surface area contributed by atoms with Gasteiger partial charge in [-0.3, -0.25) is 0 Å². The molecule has 15 heavy (non-hydrogen) atoms. The molecule has 1 aromatic rings. The van der Waals surface area contributed by atoms with Crippen molar-refractivity contribution in [1.29, 1.82) is 0 Å². The minimum Gasteiger partial charge on any atom is -0.381 e. The summed E-state index contributed by atoms with van der Waals surface area (Å²) in [6.07, 6.45) is 6.82. The summed E-state index contributed by atoms with van der Waals surface area (Å²) in [5, 5.41) is 11.4. The Balaban J connectivity index is 1.92. The van der Waals surface area contributed by atoms with Crippen molar-refractivity contribution in [2.75, 3.05) is 5.32 Å². The van der Waals surface area contributed by atoms with Gasteiger partial charge >= 0.3 is 0 Å². The molecule has 1 heterocycles. The largest absolute Gasteiger partial charge is 0.381 e. The fraction of sp³-hybridized carbons (Fsp3) is 0.636. The predicted molar refractivity (Wildman–Crippen MR) is 62.1 cm³/mol. The van der Waals surface area contributed by atoms with E-state index in [2.05, 4.69) is 22.4 Å². The van der Waals surface area contributed by atoms with Crippen molar-refractivity contribution >= 4 is 17.3 Å². The fourth-order valence-corrected chi connectivity index (χ4v) is 2.22. The molecule has 0 bridgehead atoms. The Labute approximate surface area is 95.2 Å². The van der Waals surface area contributed by atoms with Gasteiger partial charge in [0.2, 0.25) is 0 Å². The predicted octanol–water partition coefficient (Wildman–Crippen LogP) is 3.12. The second-order valence-electron chi connectivity index (χ2n) is 4.37. The molecule has 0 aliphatic heterocycles. The first-order chi connectivity index (χ1) is 7.24.